The Kier molecular flexibility index (Phi) is 10.2. The van der Waals surface area contributed by atoms with Crippen LogP contribution in [-0.2, 0) is 28.6 Å². The summed E-state index contributed by atoms with van der Waals surface area (Å²) in [5, 5.41) is 10.3. The van der Waals surface area contributed by atoms with Gasteiger partial charge < -0.3 is 19.3 Å². The van der Waals surface area contributed by atoms with Gasteiger partial charge in [0, 0.05) is 0 Å². The van der Waals surface area contributed by atoms with Crippen molar-refractivity contribution in [2.45, 2.75) is 58.5 Å². The van der Waals surface area contributed by atoms with Crippen molar-refractivity contribution in [3.63, 3.8) is 0 Å². The lowest BCUT2D eigenvalue weighted by Gasteiger charge is -2.23. The molecule has 0 aromatic rings. The summed E-state index contributed by atoms with van der Waals surface area (Å²) in [6.07, 6.45) is 1.31. The Balaban J connectivity index is 4.67. The van der Waals surface area contributed by atoms with Crippen molar-refractivity contribution in [3.05, 3.63) is 0 Å². The van der Waals surface area contributed by atoms with E-state index in [9.17, 15) is 19.5 Å². The first kappa shape index (κ1) is 20.4. The Morgan fingerprint density at radius 1 is 0.864 bits per heavy atom. The van der Waals surface area contributed by atoms with Crippen LogP contribution in [0.3, 0.4) is 0 Å². The van der Waals surface area contributed by atoms with Crippen molar-refractivity contribution in [1.82, 2.24) is 0 Å². The zero-order chi connectivity index (χ0) is 17.0. The van der Waals surface area contributed by atoms with Crippen molar-refractivity contribution in [2.75, 3.05) is 19.8 Å². The van der Waals surface area contributed by atoms with E-state index in [2.05, 4.69) is 0 Å². The van der Waals surface area contributed by atoms with Crippen LogP contribution in [0, 0.1) is 0 Å². The highest BCUT2D eigenvalue weighted by molar-refractivity contribution is 5.90. The molecule has 0 aromatic heterocycles. The molecule has 1 N–H and O–H groups in total. The molecule has 0 aliphatic rings. The summed E-state index contributed by atoms with van der Waals surface area (Å²) in [7, 11) is 0. The molecule has 0 fully saturated rings. The molecule has 0 bridgehead atoms. The minimum absolute atomic E-state index is 0.0233. The molecule has 7 nitrogen and oxygen atoms in total. The molecule has 0 radical (unpaired) electrons. The van der Waals surface area contributed by atoms with Gasteiger partial charge in [0.15, 0.2) is 5.60 Å². The van der Waals surface area contributed by atoms with Gasteiger partial charge in [0.05, 0.1) is 32.7 Å². The molecule has 0 aliphatic heterocycles. The summed E-state index contributed by atoms with van der Waals surface area (Å²) < 4.78 is 14.4. The van der Waals surface area contributed by atoms with Crippen molar-refractivity contribution < 1.29 is 33.7 Å². The summed E-state index contributed by atoms with van der Waals surface area (Å²) >= 11 is 0. The van der Waals surface area contributed by atoms with Crippen molar-refractivity contribution in [2.24, 2.45) is 0 Å². The molecule has 128 valence electrons. The Labute approximate surface area is 130 Å². The first-order valence-corrected chi connectivity index (χ1v) is 7.60. The van der Waals surface area contributed by atoms with Crippen LogP contribution >= 0.6 is 0 Å². The fourth-order valence-corrected chi connectivity index (χ4v) is 1.75. The summed E-state index contributed by atoms with van der Waals surface area (Å²) in [5.74, 6) is -2.57. The Morgan fingerprint density at radius 3 is 1.91 bits per heavy atom. The molecule has 0 saturated carbocycles. The van der Waals surface area contributed by atoms with E-state index in [1.807, 2.05) is 6.92 Å². The lowest BCUT2D eigenvalue weighted by molar-refractivity contribution is -0.177. The maximum atomic E-state index is 11.8. The molecule has 0 aliphatic carbocycles. The first-order chi connectivity index (χ1) is 10.4. The van der Waals surface area contributed by atoms with Crippen molar-refractivity contribution in [3.8, 4) is 0 Å². The van der Waals surface area contributed by atoms with Crippen LogP contribution in [0.25, 0.3) is 0 Å². The molecule has 7 heteroatoms. The highest BCUT2D eigenvalue weighted by Gasteiger charge is 2.43. The highest BCUT2D eigenvalue weighted by Crippen LogP contribution is 2.20. The molecule has 0 heterocycles. The van der Waals surface area contributed by atoms with Gasteiger partial charge in [0.25, 0.3) is 0 Å². The molecule has 0 rings (SSSR count). The van der Waals surface area contributed by atoms with Crippen LogP contribution in [-0.4, -0.2) is 48.4 Å². The predicted octanol–water partition coefficient (Wildman–Crippen LogP) is 1.36. The topological polar surface area (TPSA) is 99.1 Å². The number of hydrogen-bond acceptors (Lipinski definition) is 7. The minimum Gasteiger partial charge on any atom is -0.466 e. The van der Waals surface area contributed by atoms with Gasteiger partial charge in [-0.15, -0.1) is 0 Å². The average Bonchev–Trinajstić information content (AvgIpc) is 2.44. The fraction of sp³-hybridized carbons (Fsp3) is 0.800. The van der Waals surface area contributed by atoms with Crippen LogP contribution in [0.5, 0.6) is 0 Å². The second-order valence-electron chi connectivity index (χ2n) is 4.84. The van der Waals surface area contributed by atoms with Crippen LogP contribution in [0.15, 0.2) is 0 Å². The van der Waals surface area contributed by atoms with Crippen LogP contribution in [0.1, 0.15) is 52.9 Å². The minimum atomic E-state index is -2.26. The Bertz CT molecular complexity index is 367. The van der Waals surface area contributed by atoms with E-state index >= 15 is 0 Å². The van der Waals surface area contributed by atoms with Gasteiger partial charge in [-0.1, -0.05) is 19.8 Å². The van der Waals surface area contributed by atoms with Gasteiger partial charge in [0.2, 0.25) is 0 Å². The number of ether oxygens (including phenoxy) is 3. The maximum absolute atomic E-state index is 11.8. The molecule has 0 saturated heterocycles. The molecule has 0 aromatic carbocycles. The monoisotopic (exact) mass is 318 g/mol. The van der Waals surface area contributed by atoms with Crippen LogP contribution < -0.4 is 0 Å². The van der Waals surface area contributed by atoms with Gasteiger partial charge in [-0.2, -0.15) is 0 Å². The molecule has 1 unspecified atom stereocenters. The average molecular weight is 318 g/mol. The number of unbranched alkanes of at least 4 members (excludes halogenated alkanes) is 2. The van der Waals surface area contributed by atoms with Crippen LogP contribution in [0.2, 0.25) is 0 Å². The van der Waals surface area contributed by atoms with E-state index < -0.39 is 36.4 Å². The Morgan fingerprint density at radius 2 is 1.41 bits per heavy atom. The van der Waals surface area contributed by atoms with Gasteiger partial charge in [0.1, 0.15) is 0 Å². The lowest BCUT2D eigenvalue weighted by atomic mass is 9.95. The molecule has 22 heavy (non-hydrogen) atoms. The summed E-state index contributed by atoms with van der Waals surface area (Å²) in [6.45, 7) is 5.52. The van der Waals surface area contributed by atoms with E-state index in [1.165, 1.54) is 0 Å². The number of carbonyl (C=O) groups excluding carboxylic acids is 3. The number of aliphatic hydroxyl groups is 1. The van der Waals surface area contributed by atoms with E-state index in [4.69, 9.17) is 14.2 Å². The smallest absolute Gasteiger partial charge is 0.339 e. The van der Waals surface area contributed by atoms with Gasteiger partial charge in [-0.05, 0) is 20.3 Å². The normalized spacial score (nSPS) is 13.1. The van der Waals surface area contributed by atoms with Crippen LogP contribution in [0.4, 0.5) is 0 Å². The molecular formula is C15H26O7. The standard InChI is InChI=1S/C15H26O7/c1-4-7-8-9-22-13(17)11-15(19,14(18)21-6-3)10-12(16)20-5-2/h19H,4-11H2,1-3H3. The largest absolute Gasteiger partial charge is 0.466 e. The van der Waals surface area contributed by atoms with Crippen molar-refractivity contribution >= 4 is 17.9 Å². The summed E-state index contributed by atoms with van der Waals surface area (Å²) in [6, 6.07) is 0. The van der Waals surface area contributed by atoms with Crippen molar-refractivity contribution in [1.29, 1.82) is 0 Å². The molecule has 1 atom stereocenters. The molecule has 0 spiro atoms. The third-order valence-electron chi connectivity index (χ3n) is 2.85. The third kappa shape index (κ3) is 7.97. The number of rotatable bonds is 11. The lowest BCUT2D eigenvalue weighted by Crippen LogP contribution is -2.44. The zero-order valence-electron chi connectivity index (χ0n) is 13.6. The first-order valence-electron chi connectivity index (χ1n) is 7.60. The zero-order valence-corrected chi connectivity index (χ0v) is 13.6. The highest BCUT2D eigenvalue weighted by atomic mass is 16.6. The van der Waals surface area contributed by atoms with Gasteiger partial charge in [-0.3, -0.25) is 9.59 Å². The maximum Gasteiger partial charge on any atom is 0.339 e. The van der Waals surface area contributed by atoms with E-state index in [1.54, 1.807) is 13.8 Å². The number of hydrogen-bond donors (Lipinski definition) is 1. The van der Waals surface area contributed by atoms with E-state index in [0.29, 0.717) is 6.42 Å². The third-order valence-corrected chi connectivity index (χ3v) is 2.85. The summed E-state index contributed by atoms with van der Waals surface area (Å²) in [5.41, 5.74) is -2.26. The van der Waals surface area contributed by atoms with E-state index in [0.717, 1.165) is 12.8 Å². The quantitative estimate of drug-likeness (QED) is 0.349. The second kappa shape index (κ2) is 11.0. The van der Waals surface area contributed by atoms with E-state index in [-0.39, 0.29) is 19.8 Å². The second-order valence-corrected chi connectivity index (χ2v) is 4.84. The number of esters is 3. The molecular weight excluding hydrogens is 292 g/mol. The SMILES string of the molecule is CCCCCOC(=O)CC(O)(CC(=O)OCC)C(=O)OCC. The predicted molar refractivity (Wildman–Crippen MR) is 77.9 cm³/mol. The molecule has 0 amide bonds. The summed E-state index contributed by atoms with van der Waals surface area (Å²) in [4.78, 5) is 35.1. The number of carbonyl (C=O) groups is 3. The van der Waals surface area contributed by atoms with Gasteiger partial charge in [-0.25, -0.2) is 4.79 Å². The Hall–Kier alpha value is -1.63. The fourth-order valence-electron chi connectivity index (χ4n) is 1.75. The van der Waals surface area contributed by atoms with Gasteiger partial charge >= 0.3 is 17.9 Å².